The minimum Gasteiger partial charge on any atom is -0.430 e. The second kappa shape index (κ2) is 12.7. The summed E-state index contributed by atoms with van der Waals surface area (Å²) in [4.78, 5) is 0. The largest absolute Gasteiger partial charge is 0.430 e. The Bertz CT molecular complexity index is 957. The first-order valence-electron chi connectivity index (χ1n) is 9.67. The van der Waals surface area contributed by atoms with Crippen molar-refractivity contribution in [3.8, 4) is 0 Å². The topological polar surface area (TPSA) is 9.23 Å². The smallest absolute Gasteiger partial charge is 0.404 e. The molecule has 33 heavy (non-hydrogen) atoms. The van der Waals surface area contributed by atoms with Crippen LogP contribution in [-0.4, -0.2) is 6.11 Å². The monoisotopic (exact) mass is 470 g/mol. The zero-order valence-electron chi connectivity index (χ0n) is 19.0. The van der Waals surface area contributed by atoms with E-state index >= 15 is 0 Å². The van der Waals surface area contributed by atoms with Gasteiger partial charge < -0.3 is 4.74 Å². The van der Waals surface area contributed by atoms with Gasteiger partial charge in [0.1, 0.15) is 0 Å². The third-order valence-electron chi connectivity index (χ3n) is 4.12. The highest BCUT2D eigenvalue weighted by Gasteiger charge is 2.39. The Morgan fingerprint density at radius 3 is 1.76 bits per heavy atom. The van der Waals surface area contributed by atoms with Crippen LogP contribution in [0.1, 0.15) is 20.8 Å². The van der Waals surface area contributed by atoms with E-state index in [0.717, 1.165) is 19.1 Å². The van der Waals surface area contributed by atoms with Gasteiger partial charge in [-0.3, -0.25) is 0 Å². The lowest BCUT2D eigenvalue weighted by molar-refractivity contribution is -0.235. The standard InChI is InChI=1S/C26H28F6O/c1-15(2)10-13-19(6)26(31,32)33-22(9)25(30)24(29)20(7)17(4)12-11-16(3)18(5)14-23(28)21(8)27/h10-15,19H,3-5,7-9H2,1-2,6H3/b12-11-,13-10-,23-14+,25-24-/t19-/m1/s1. The normalized spacial score (nSPS) is 14.3. The molecule has 0 bridgehead atoms. The first-order valence-corrected chi connectivity index (χ1v) is 9.67. The fraction of sp³-hybridized carbons (Fsp3) is 0.231. The van der Waals surface area contributed by atoms with E-state index in [9.17, 15) is 26.3 Å². The molecule has 0 heterocycles. The van der Waals surface area contributed by atoms with Gasteiger partial charge in [0.2, 0.25) is 5.83 Å². The van der Waals surface area contributed by atoms with E-state index in [1.165, 1.54) is 18.2 Å². The molecule has 0 amide bonds. The third kappa shape index (κ3) is 9.85. The molecule has 0 radical (unpaired) electrons. The molecule has 0 spiro atoms. The quantitative estimate of drug-likeness (QED) is 0.113. The van der Waals surface area contributed by atoms with Crippen molar-refractivity contribution in [3.05, 3.63) is 121 Å². The zero-order valence-corrected chi connectivity index (χ0v) is 19.0. The van der Waals surface area contributed by atoms with Crippen molar-refractivity contribution in [2.24, 2.45) is 11.8 Å². The molecule has 0 rings (SSSR count). The Morgan fingerprint density at radius 1 is 0.758 bits per heavy atom. The lowest BCUT2D eigenvalue weighted by Crippen LogP contribution is -2.28. The van der Waals surface area contributed by atoms with Gasteiger partial charge in [-0.2, -0.15) is 13.2 Å². The Hall–Kier alpha value is -3.22. The van der Waals surface area contributed by atoms with Crippen molar-refractivity contribution in [1.82, 2.24) is 0 Å². The highest BCUT2D eigenvalue weighted by Crippen LogP contribution is 2.34. The van der Waals surface area contributed by atoms with Crippen LogP contribution in [0.4, 0.5) is 26.3 Å². The van der Waals surface area contributed by atoms with Gasteiger partial charge in [-0.05, 0) is 35.6 Å². The highest BCUT2D eigenvalue weighted by atomic mass is 19.3. The molecular formula is C26H28F6O. The molecule has 0 aromatic heterocycles. The molecule has 180 valence electrons. The summed E-state index contributed by atoms with van der Waals surface area (Å²) in [5.74, 6) is -8.57. The van der Waals surface area contributed by atoms with Crippen molar-refractivity contribution >= 4 is 0 Å². The summed E-state index contributed by atoms with van der Waals surface area (Å²) in [6.07, 6.45) is 1.99. The third-order valence-corrected chi connectivity index (χ3v) is 4.12. The van der Waals surface area contributed by atoms with Crippen LogP contribution < -0.4 is 0 Å². The summed E-state index contributed by atoms with van der Waals surface area (Å²) in [6, 6.07) is 0. The van der Waals surface area contributed by atoms with Gasteiger partial charge in [-0.1, -0.05) is 77.6 Å². The van der Waals surface area contributed by atoms with E-state index in [-0.39, 0.29) is 22.6 Å². The van der Waals surface area contributed by atoms with Gasteiger partial charge in [0, 0.05) is 5.57 Å². The van der Waals surface area contributed by atoms with E-state index in [4.69, 9.17) is 0 Å². The molecule has 0 saturated heterocycles. The fourth-order valence-corrected chi connectivity index (χ4v) is 1.93. The first kappa shape index (κ1) is 29.8. The van der Waals surface area contributed by atoms with Crippen molar-refractivity contribution in [3.63, 3.8) is 0 Å². The maximum Gasteiger partial charge on any atom is 0.404 e. The van der Waals surface area contributed by atoms with Crippen LogP contribution in [0.15, 0.2) is 121 Å². The Balaban J connectivity index is 5.40. The maximum absolute atomic E-state index is 14.4. The van der Waals surface area contributed by atoms with Gasteiger partial charge in [-0.25, -0.2) is 13.2 Å². The van der Waals surface area contributed by atoms with Crippen molar-refractivity contribution in [2.75, 3.05) is 0 Å². The van der Waals surface area contributed by atoms with E-state index in [0.29, 0.717) is 0 Å². The predicted octanol–water partition coefficient (Wildman–Crippen LogP) is 9.23. The molecule has 0 aromatic rings. The van der Waals surface area contributed by atoms with Gasteiger partial charge >= 0.3 is 6.11 Å². The average Bonchev–Trinajstić information content (AvgIpc) is 2.72. The van der Waals surface area contributed by atoms with Crippen molar-refractivity contribution < 1.29 is 31.1 Å². The summed E-state index contributed by atoms with van der Waals surface area (Å²) < 4.78 is 87.3. The van der Waals surface area contributed by atoms with Crippen LogP contribution in [0, 0.1) is 11.8 Å². The minimum absolute atomic E-state index is 0.00867. The summed E-state index contributed by atoms with van der Waals surface area (Å²) >= 11 is 0. The van der Waals surface area contributed by atoms with Crippen LogP contribution in [0.25, 0.3) is 0 Å². The Kier molecular flexibility index (Phi) is 11.5. The predicted molar refractivity (Wildman–Crippen MR) is 123 cm³/mol. The molecular weight excluding hydrogens is 442 g/mol. The summed E-state index contributed by atoms with van der Waals surface area (Å²) in [5.41, 5.74) is -0.667. The molecule has 1 nitrogen and oxygen atoms in total. The first-order chi connectivity index (χ1) is 15.0. The minimum atomic E-state index is -3.84. The molecule has 0 N–H and O–H groups in total. The van der Waals surface area contributed by atoms with E-state index < -0.39 is 46.7 Å². The average molecular weight is 470 g/mol. The van der Waals surface area contributed by atoms with Gasteiger partial charge in [0.05, 0.1) is 5.92 Å². The number of alkyl halides is 2. The molecule has 7 heteroatoms. The molecule has 1 atom stereocenters. The number of allylic oxidation sites excluding steroid dienone is 12. The second-order valence-electron chi connectivity index (χ2n) is 7.42. The van der Waals surface area contributed by atoms with E-state index in [1.54, 1.807) is 13.8 Å². The van der Waals surface area contributed by atoms with Crippen LogP contribution in [0.3, 0.4) is 0 Å². The lowest BCUT2D eigenvalue weighted by atomic mass is 10.0. The lowest BCUT2D eigenvalue weighted by Gasteiger charge is -2.23. The van der Waals surface area contributed by atoms with Crippen LogP contribution in [0.5, 0.6) is 0 Å². The summed E-state index contributed by atoms with van der Waals surface area (Å²) in [7, 11) is 0. The maximum atomic E-state index is 14.4. The molecule has 0 saturated carbocycles. The number of hydrogen-bond acceptors (Lipinski definition) is 1. The molecule has 0 aliphatic rings. The molecule has 0 aliphatic heterocycles. The highest BCUT2D eigenvalue weighted by molar-refractivity contribution is 5.52. The number of hydrogen-bond donors (Lipinski definition) is 0. The van der Waals surface area contributed by atoms with Crippen molar-refractivity contribution in [2.45, 2.75) is 26.9 Å². The van der Waals surface area contributed by atoms with Gasteiger partial charge in [-0.15, -0.1) is 0 Å². The molecule has 0 aliphatic carbocycles. The van der Waals surface area contributed by atoms with Crippen LogP contribution in [-0.2, 0) is 4.74 Å². The summed E-state index contributed by atoms with van der Waals surface area (Å²) in [6.45, 7) is 24.4. The fourth-order valence-electron chi connectivity index (χ4n) is 1.93. The van der Waals surface area contributed by atoms with Crippen LogP contribution in [0.2, 0.25) is 0 Å². The van der Waals surface area contributed by atoms with Crippen LogP contribution >= 0.6 is 0 Å². The van der Waals surface area contributed by atoms with Crippen molar-refractivity contribution in [1.29, 1.82) is 0 Å². The van der Waals surface area contributed by atoms with Gasteiger partial charge in [0.15, 0.2) is 23.2 Å². The molecule has 0 fully saturated rings. The molecule has 0 aromatic carbocycles. The second-order valence-corrected chi connectivity index (χ2v) is 7.42. The number of ether oxygens (including phenoxy) is 1. The van der Waals surface area contributed by atoms with Gasteiger partial charge in [0.25, 0.3) is 0 Å². The van der Waals surface area contributed by atoms with E-state index in [1.807, 2.05) is 0 Å². The SMILES string of the molecule is C=C(/C=C\C(=C)C(=C)/C(F)=C(/F)C(=C)OC(F)(F)[C@H](C)/C=C\C(C)C)C(=C)/C=C(/F)C(=C)F. The van der Waals surface area contributed by atoms with E-state index in [2.05, 4.69) is 44.2 Å². The molecule has 0 unspecified atom stereocenters. The zero-order chi connectivity index (χ0) is 26.1. The summed E-state index contributed by atoms with van der Waals surface area (Å²) in [5, 5.41) is 0. The number of rotatable bonds is 13. The number of halogens is 6. The Labute approximate surface area is 191 Å². The Morgan fingerprint density at radius 2 is 1.27 bits per heavy atom.